The van der Waals surface area contributed by atoms with Crippen LogP contribution in [0, 0.1) is 0 Å². The van der Waals surface area contributed by atoms with Gasteiger partial charge in [-0.2, -0.15) is 0 Å². The lowest BCUT2D eigenvalue weighted by Gasteiger charge is -2.28. The van der Waals surface area contributed by atoms with E-state index in [-0.39, 0.29) is 0 Å². The standard InChI is InChI=1S/C56H41N/c1-4-14-41(15-5-1)44-28-33-48(34-29-44)57(56-23-13-12-20-50(56)46-18-8-3-9-19-46)49-35-30-45(31-36-49)43-26-24-40(25-27-43)38-54-51-21-10-11-22-52(51)55-39-47(32-37-53(54)55)42-16-6-2-7-17-42/h1-37,39,54H,38H2. The second-order valence-electron chi connectivity index (χ2n) is 14.9. The summed E-state index contributed by atoms with van der Waals surface area (Å²) in [7, 11) is 0. The van der Waals surface area contributed by atoms with Crippen molar-refractivity contribution in [3.8, 4) is 55.6 Å². The van der Waals surface area contributed by atoms with Gasteiger partial charge in [-0.25, -0.2) is 0 Å². The van der Waals surface area contributed by atoms with Crippen LogP contribution in [0.2, 0.25) is 0 Å². The van der Waals surface area contributed by atoms with E-state index in [2.05, 4.69) is 235 Å². The fraction of sp³-hybridized carbons (Fsp3) is 0.0357. The van der Waals surface area contributed by atoms with Crippen LogP contribution in [0.3, 0.4) is 0 Å². The zero-order valence-corrected chi connectivity index (χ0v) is 31.7. The van der Waals surface area contributed by atoms with Crippen LogP contribution in [0.15, 0.2) is 231 Å². The first-order valence-corrected chi connectivity index (χ1v) is 19.8. The molecule has 0 radical (unpaired) electrons. The molecule has 1 aliphatic rings. The molecule has 1 aliphatic carbocycles. The molecule has 57 heavy (non-hydrogen) atoms. The predicted molar refractivity (Wildman–Crippen MR) is 240 cm³/mol. The molecule has 1 atom stereocenters. The van der Waals surface area contributed by atoms with Crippen LogP contribution in [0.4, 0.5) is 17.1 Å². The Labute approximate surface area is 335 Å². The Hall–Kier alpha value is -7.22. The molecule has 1 heteroatoms. The summed E-state index contributed by atoms with van der Waals surface area (Å²) in [5.74, 6) is 0.331. The molecule has 0 aromatic heterocycles. The number of hydrogen-bond donors (Lipinski definition) is 0. The maximum absolute atomic E-state index is 2.39. The van der Waals surface area contributed by atoms with Crippen molar-refractivity contribution in [3.05, 3.63) is 247 Å². The van der Waals surface area contributed by atoms with Gasteiger partial charge in [-0.1, -0.05) is 194 Å². The zero-order valence-electron chi connectivity index (χ0n) is 31.7. The van der Waals surface area contributed by atoms with Crippen LogP contribution >= 0.6 is 0 Å². The summed E-state index contributed by atoms with van der Waals surface area (Å²) >= 11 is 0. The summed E-state index contributed by atoms with van der Waals surface area (Å²) in [6, 6.07) is 83.8. The molecule has 9 aromatic rings. The van der Waals surface area contributed by atoms with Crippen molar-refractivity contribution in [1.82, 2.24) is 0 Å². The molecular formula is C56H41N. The topological polar surface area (TPSA) is 3.24 Å². The largest absolute Gasteiger partial charge is 0.310 e. The van der Waals surface area contributed by atoms with E-state index in [0.29, 0.717) is 5.92 Å². The third kappa shape index (κ3) is 6.75. The van der Waals surface area contributed by atoms with Gasteiger partial charge < -0.3 is 4.90 Å². The Balaban J connectivity index is 0.944. The monoisotopic (exact) mass is 727 g/mol. The normalized spacial score (nSPS) is 12.8. The molecule has 0 amide bonds. The van der Waals surface area contributed by atoms with Crippen molar-refractivity contribution in [2.75, 3.05) is 4.90 Å². The number of benzene rings is 9. The smallest absolute Gasteiger partial charge is 0.0540 e. The lowest BCUT2D eigenvalue weighted by atomic mass is 9.89. The fourth-order valence-corrected chi connectivity index (χ4v) is 8.60. The van der Waals surface area contributed by atoms with Crippen molar-refractivity contribution in [2.45, 2.75) is 12.3 Å². The second-order valence-corrected chi connectivity index (χ2v) is 14.9. The van der Waals surface area contributed by atoms with Gasteiger partial charge >= 0.3 is 0 Å². The first-order valence-electron chi connectivity index (χ1n) is 19.8. The molecular weight excluding hydrogens is 687 g/mol. The molecule has 10 rings (SSSR count). The van der Waals surface area contributed by atoms with Gasteiger partial charge in [0.25, 0.3) is 0 Å². The Morgan fingerprint density at radius 1 is 0.298 bits per heavy atom. The van der Waals surface area contributed by atoms with Crippen molar-refractivity contribution < 1.29 is 0 Å². The molecule has 1 nitrogen and oxygen atoms in total. The zero-order chi connectivity index (χ0) is 38.0. The number of fused-ring (bicyclic) bond motifs is 3. The summed E-state index contributed by atoms with van der Waals surface area (Å²) in [5, 5.41) is 0. The summed E-state index contributed by atoms with van der Waals surface area (Å²) < 4.78 is 0. The second kappa shape index (κ2) is 15.1. The molecule has 1 unspecified atom stereocenters. The van der Waals surface area contributed by atoms with E-state index in [0.717, 1.165) is 23.5 Å². The quantitative estimate of drug-likeness (QED) is 0.143. The average Bonchev–Trinajstić information content (AvgIpc) is 3.60. The van der Waals surface area contributed by atoms with E-state index >= 15 is 0 Å². The highest BCUT2D eigenvalue weighted by Gasteiger charge is 2.29. The molecule has 0 bridgehead atoms. The molecule has 0 spiro atoms. The average molecular weight is 728 g/mol. The molecule has 0 N–H and O–H groups in total. The van der Waals surface area contributed by atoms with Gasteiger partial charge in [-0.05, 0) is 110 Å². The number of anilines is 3. The third-order valence-corrected chi connectivity index (χ3v) is 11.5. The number of rotatable bonds is 9. The number of nitrogens with zero attached hydrogens (tertiary/aromatic N) is 1. The minimum atomic E-state index is 0.331. The Bertz CT molecular complexity index is 2770. The van der Waals surface area contributed by atoms with Gasteiger partial charge in [-0.15, -0.1) is 0 Å². The SMILES string of the molecule is c1ccc(-c2ccc(N(c3ccc(-c4ccc(CC5c6ccccc6-c6cc(-c7ccccc7)ccc65)cc4)cc3)c3ccccc3-c3ccccc3)cc2)cc1. The van der Waals surface area contributed by atoms with Gasteiger partial charge in [0.2, 0.25) is 0 Å². The maximum Gasteiger partial charge on any atom is 0.0540 e. The van der Waals surface area contributed by atoms with Crippen LogP contribution in [0.25, 0.3) is 55.6 Å². The van der Waals surface area contributed by atoms with Gasteiger partial charge in [0.15, 0.2) is 0 Å². The van der Waals surface area contributed by atoms with E-state index in [1.807, 2.05) is 0 Å². The van der Waals surface area contributed by atoms with E-state index < -0.39 is 0 Å². The lowest BCUT2D eigenvalue weighted by molar-refractivity contribution is 0.827. The van der Waals surface area contributed by atoms with Crippen molar-refractivity contribution in [3.63, 3.8) is 0 Å². The van der Waals surface area contributed by atoms with Gasteiger partial charge in [0.1, 0.15) is 0 Å². The molecule has 0 saturated carbocycles. The first kappa shape index (κ1) is 34.3. The van der Waals surface area contributed by atoms with Gasteiger partial charge in [0, 0.05) is 22.9 Å². The molecule has 0 saturated heterocycles. The lowest BCUT2D eigenvalue weighted by Crippen LogP contribution is -2.11. The van der Waals surface area contributed by atoms with E-state index in [1.54, 1.807) is 0 Å². The highest BCUT2D eigenvalue weighted by molar-refractivity contribution is 5.89. The van der Waals surface area contributed by atoms with Crippen LogP contribution in [0.1, 0.15) is 22.6 Å². The van der Waals surface area contributed by atoms with Gasteiger partial charge in [-0.3, -0.25) is 0 Å². The van der Waals surface area contributed by atoms with Crippen LogP contribution in [0.5, 0.6) is 0 Å². The first-order chi connectivity index (χ1) is 28.3. The van der Waals surface area contributed by atoms with Crippen molar-refractivity contribution in [1.29, 1.82) is 0 Å². The third-order valence-electron chi connectivity index (χ3n) is 11.5. The molecule has 9 aromatic carbocycles. The maximum atomic E-state index is 2.39. The van der Waals surface area contributed by atoms with Crippen molar-refractivity contribution in [2.24, 2.45) is 0 Å². The minimum absolute atomic E-state index is 0.331. The summed E-state index contributed by atoms with van der Waals surface area (Å²) in [6.07, 6.45) is 0.965. The van der Waals surface area contributed by atoms with E-state index in [4.69, 9.17) is 0 Å². The fourth-order valence-electron chi connectivity index (χ4n) is 8.60. The highest BCUT2D eigenvalue weighted by atomic mass is 15.1. The van der Waals surface area contributed by atoms with Crippen molar-refractivity contribution >= 4 is 17.1 Å². The summed E-state index contributed by atoms with van der Waals surface area (Å²) in [5.41, 5.74) is 20.0. The molecule has 0 fully saturated rings. The minimum Gasteiger partial charge on any atom is -0.310 e. The summed E-state index contributed by atoms with van der Waals surface area (Å²) in [4.78, 5) is 2.38. The number of hydrogen-bond acceptors (Lipinski definition) is 1. The van der Waals surface area contributed by atoms with E-state index in [1.165, 1.54) is 72.3 Å². The predicted octanol–water partition coefficient (Wildman–Crippen LogP) is 15.2. The van der Waals surface area contributed by atoms with Crippen LogP contribution < -0.4 is 4.90 Å². The molecule has 0 aliphatic heterocycles. The Kier molecular flexibility index (Phi) is 9.10. The molecule has 0 heterocycles. The highest BCUT2D eigenvalue weighted by Crippen LogP contribution is 2.48. The van der Waals surface area contributed by atoms with E-state index in [9.17, 15) is 0 Å². The van der Waals surface area contributed by atoms with Crippen LogP contribution in [-0.2, 0) is 6.42 Å². The summed E-state index contributed by atoms with van der Waals surface area (Å²) in [6.45, 7) is 0. The van der Waals surface area contributed by atoms with Gasteiger partial charge in [0.05, 0.1) is 5.69 Å². The number of para-hydroxylation sites is 1. The Morgan fingerprint density at radius 3 is 1.32 bits per heavy atom. The molecule has 270 valence electrons. The Morgan fingerprint density at radius 2 is 0.719 bits per heavy atom. The van der Waals surface area contributed by atoms with Crippen LogP contribution in [-0.4, -0.2) is 0 Å².